The predicted octanol–water partition coefficient (Wildman–Crippen LogP) is 3.13. The number of thiocarbonyl (C=S) groups is 1. The number of benzene rings is 2. The third-order valence-corrected chi connectivity index (χ3v) is 2.78. The topological polar surface area (TPSA) is 25.8 Å². The quantitative estimate of drug-likeness (QED) is 0.469. The molecular formula is C13H8N2S. The molecule has 0 aliphatic carbocycles. The maximum absolute atomic E-state index is 4.98. The van der Waals surface area contributed by atoms with Gasteiger partial charge in [-0.2, -0.15) is 0 Å². The van der Waals surface area contributed by atoms with E-state index in [1.807, 2.05) is 42.5 Å². The standard InChI is InChI=1S/C13H8N2S/c16-8-9-4-3-7-12-13(9)15-11-6-2-1-5-10(11)14-12/h1-8H. The Morgan fingerprint density at radius 3 is 2.25 bits per heavy atom. The number of fused-ring (bicyclic) bond motifs is 2. The Kier molecular flexibility index (Phi) is 2.11. The number of hydrogen-bond donors (Lipinski definition) is 0. The second kappa shape index (κ2) is 3.61. The number of para-hydroxylation sites is 3. The van der Waals surface area contributed by atoms with Crippen LogP contribution >= 0.6 is 12.2 Å². The zero-order chi connectivity index (χ0) is 11.0. The molecule has 16 heavy (non-hydrogen) atoms. The first-order valence-electron chi connectivity index (χ1n) is 4.99. The Morgan fingerprint density at radius 2 is 1.50 bits per heavy atom. The summed E-state index contributed by atoms with van der Waals surface area (Å²) in [6.07, 6.45) is 0. The van der Waals surface area contributed by atoms with E-state index in [-0.39, 0.29) is 0 Å². The van der Waals surface area contributed by atoms with Crippen LogP contribution in [0.2, 0.25) is 0 Å². The van der Waals surface area contributed by atoms with Gasteiger partial charge in [0.1, 0.15) is 0 Å². The van der Waals surface area contributed by atoms with E-state index in [9.17, 15) is 0 Å². The molecule has 0 bridgehead atoms. The molecule has 0 N–H and O–H groups in total. The smallest absolute Gasteiger partial charge is 0.0975 e. The van der Waals surface area contributed by atoms with Gasteiger partial charge in [-0.1, -0.05) is 36.5 Å². The van der Waals surface area contributed by atoms with Crippen molar-refractivity contribution in [2.75, 3.05) is 0 Å². The van der Waals surface area contributed by atoms with E-state index < -0.39 is 0 Å². The summed E-state index contributed by atoms with van der Waals surface area (Å²) >= 11 is 4.98. The Labute approximate surface area is 98.0 Å². The van der Waals surface area contributed by atoms with Crippen molar-refractivity contribution in [3.05, 3.63) is 48.0 Å². The lowest BCUT2D eigenvalue weighted by atomic mass is 10.2. The molecule has 3 heteroatoms. The lowest BCUT2D eigenvalue weighted by molar-refractivity contribution is 1.39. The molecule has 76 valence electrons. The maximum Gasteiger partial charge on any atom is 0.0975 e. The van der Waals surface area contributed by atoms with Gasteiger partial charge in [-0.3, -0.25) is 0 Å². The van der Waals surface area contributed by atoms with Gasteiger partial charge in [-0.05, 0) is 18.2 Å². The minimum Gasteiger partial charge on any atom is -0.244 e. The number of rotatable bonds is 1. The highest BCUT2D eigenvalue weighted by Crippen LogP contribution is 2.18. The van der Waals surface area contributed by atoms with Crippen LogP contribution in [0.5, 0.6) is 0 Å². The van der Waals surface area contributed by atoms with Gasteiger partial charge >= 0.3 is 0 Å². The van der Waals surface area contributed by atoms with Gasteiger partial charge in [0, 0.05) is 10.9 Å². The normalized spacial score (nSPS) is 10.8. The molecule has 0 amide bonds. The van der Waals surface area contributed by atoms with E-state index >= 15 is 0 Å². The lowest BCUT2D eigenvalue weighted by Gasteiger charge is -2.02. The van der Waals surface area contributed by atoms with Gasteiger partial charge in [0.2, 0.25) is 0 Å². The molecule has 0 unspecified atom stereocenters. The molecule has 0 aliphatic heterocycles. The van der Waals surface area contributed by atoms with Crippen molar-refractivity contribution in [2.24, 2.45) is 0 Å². The molecule has 3 rings (SSSR count). The number of nitrogens with zero attached hydrogens (tertiary/aromatic N) is 2. The van der Waals surface area contributed by atoms with Crippen molar-refractivity contribution in [1.82, 2.24) is 9.97 Å². The molecule has 0 saturated carbocycles. The van der Waals surface area contributed by atoms with Gasteiger partial charge in [-0.25, -0.2) is 9.97 Å². The molecule has 0 radical (unpaired) electrons. The largest absolute Gasteiger partial charge is 0.244 e. The summed E-state index contributed by atoms with van der Waals surface area (Å²) in [7, 11) is 0. The molecule has 0 spiro atoms. The first-order chi connectivity index (χ1) is 7.88. The molecule has 2 nitrogen and oxygen atoms in total. The molecular weight excluding hydrogens is 216 g/mol. The van der Waals surface area contributed by atoms with Crippen LogP contribution in [-0.4, -0.2) is 15.3 Å². The summed E-state index contributed by atoms with van der Waals surface area (Å²) in [6.45, 7) is 0. The minimum atomic E-state index is 0.871. The van der Waals surface area contributed by atoms with Crippen molar-refractivity contribution >= 4 is 39.7 Å². The highest BCUT2D eigenvalue weighted by molar-refractivity contribution is 7.79. The number of hydrogen-bond acceptors (Lipinski definition) is 3. The van der Waals surface area contributed by atoms with Crippen molar-refractivity contribution in [1.29, 1.82) is 0 Å². The highest BCUT2D eigenvalue weighted by Gasteiger charge is 2.03. The van der Waals surface area contributed by atoms with E-state index in [1.54, 1.807) is 5.37 Å². The second-order valence-corrected chi connectivity index (χ2v) is 3.78. The second-order valence-electron chi connectivity index (χ2n) is 3.55. The fourth-order valence-electron chi connectivity index (χ4n) is 1.76. The highest BCUT2D eigenvalue weighted by atomic mass is 32.1. The van der Waals surface area contributed by atoms with Crippen LogP contribution in [0.1, 0.15) is 5.56 Å². The van der Waals surface area contributed by atoms with E-state index in [0.717, 1.165) is 27.6 Å². The van der Waals surface area contributed by atoms with Gasteiger partial charge in [0.25, 0.3) is 0 Å². The predicted molar refractivity (Wildman–Crippen MR) is 69.8 cm³/mol. The molecule has 0 saturated heterocycles. The van der Waals surface area contributed by atoms with Crippen LogP contribution < -0.4 is 0 Å². The molecule has 2 aromatic carbocycles. The monoisotopic (exact) mass is 224 g/mol. The third-order valence-electron chi connectivity index (χ3n) is 2.53. The van der Waals surface area contributed by atoms with Gasteiger partial charge in [0.15, 0.2) is 0 Å². The van der Waals surface area contributed by atoms with Crippen LogP contribution in [0.25, 0.3) is 22.1 Å². The summed E-state index contributed by atoms with van der Waals surface area (Å²) in [5, 5.41) is 1.64. The zero-order valence-electron chi connectivity index (χ0n) is 8.42. The molecule has 0 atom stereocenters. The summed E-state index contributed by atoms with van der Waals surface area (Å²) in [5.41, 5.74) is 4.52. The zero-order valence-corrected chi connectivity index (χ0v) is 9.24. The van der Waals surface area contributed by atoms with Crippen LogP contribution in [0.3, 0.4) is 0 Å². The first kappa shape index (κ1) is 9.36. The van der Waals surface area contributed by atoms with Crippen molar-refractivity contribution in [2.45, 2.75) is 0 Å². The Hall–Kier alpha value is -1.87. The summed E-state index contributed by atoms with van der Waals surface area (Å²) in [4.78, 5) is 9.15. The Bertz CT molecular complexity index is 692. The van der Waals surface area contributed by atoms with Crippen LogP contribution in [0.4, 0.5) is 0 Å². The summed E-state index contributed by atoms with van der Waals surface area (Å²) in [5.74, 6) is 0. The van der Waals surface area contributed by atoms with E-state index in [1.165, 1.54) is 0 Å². The summed E-state index contributed by atoms with van der Waals surface area (Å²) in [6, 6.07) is 13.7. The van der Waals surface area contributed by atoms with Gasteiger partial charge in [0.05, 0.1) is 22.1 Å². The van der Waals surface area contributed by atoms with E-state index in [4.69, 9.17) is 12.2 Å². The van der Waals surface area contributed by atoms with E-state index in [2.05, 4.69) is 9.97 Å². The molecule has 3 aromatic rings. The third kappa shape index (κ3) is 1.37. The van der Waals surface area contributed by atoms with Crippen LogP contribution in [0, 0.1) is 0 Å². The fourth-order valence-corrected chi connectivity index (χ4v) is 1.95. The number of aromatic nitrogens is 2. The SMILES string of the molecule is S=Cc1cccc2nc3ccccc3nc12. The average molecular weight is 224 g/mol. The average Bonchev–Trinajstić information content (AvgIpc) is 2.35. The van der Waals surface area contributed by atoms with Crippen LogP contribution in [0.15, 0.2) is 42.5 Å². The lowest BCUT2D eigenvalue weighted by Crippen LogP contribution is -1.90. The summed E-state index contributed by atoms with van der Waals surface area (Å²) < 4.78 is 0. The first-order valence-corrected chi connectivity index (χ1v) is 5.46. The van der Waals surface area contributed by atoms with Crippen LogP contribution in [-0.2, 0) is 0 Å². The molecule has 0 fully saturated rings. The Morgan fingerprint density at radius 1 is 0.812 bits per heavy atom. The minimum absolute atomic E-state index is 0.871. The molecule has 0 aliphatic rings. The molecule has 1 heterocycles. The van der Waals surface area contributed by atoms with Crippen molar-refractivity contribution in [3.63, 3.8) is 0 Å². The Balaban J connectivity index is 2.51. The van der Waals surface area contributed by atoms with Crippen molar-refractivity contribution in [3.8, 4) is 0 Å². The van der Waals surface area contributed by atoms with Gasteiger partial charge < -0.3 is 0 Å². The molecule has 1 aromatic heterocycles. The fraction of sp³-hybridized carbons (Fsp3) is 0. The van der Waals surface area contributed by atoms with E-state index in [0.29, 0.717) is 0 Å². The van der Waals surface area contributed by atoms with Crippen molar-refractivity contribution < 1.29 is 0 Å². The maximum atomic E-state index is 4.98. The van der Waals surface area contributed by atoms with Gasteiger partial charge in [-0.15, -0.1) is 0 Å².